The molecule has 0 spiro atoms. The lowest BCUT2D eigenvalue weighted by Gasteiger charge is -2.11. The minimum Gasteiger partial charge on any atom is -0.355 e. The Balaban J connectivity index is 1.57. The molecule has 4 rings (SSSR count). The fraction of sp³-hybridized carbons (Fsp3) is 0.0435. The molecule has 0 saturated heterocycles. The number of fused-ring (bicyclic) bond motifs is 1. The van der Waals surface area contributed by atoms with Gasteiger partial charge < -0.3 is 10.6 Å². The number of amides is 1. The highest BCUT2D eigenvalue weighted by atomic mass is 16.1. The normalized spacial score (nSPS) is 10.6. The van der Waals surface area contributed by atoms with E-state index in [1.54, 1.807) is 12.3 Å². The second kappa shape index (κ2) is 7.30. The van der Waals surface area contributed by atoms with Gasteiger partial charge >= 0.3 is 0 Å². The van der Waals surface area contributed by atoms with Crippen LogP contribution in [0.15, 0.2) is 85.1 Å². The molecule has 0 fully saturated rings. The summed E-state index contributed by atoms with van der Waals surface area (Å²) in [6.45, 7) is 2.02. The molecule has 27 heavy (non-hydrogen) atoms. The van der Waals surface area contributed by atoms with Gasteiger partial charge in [-0.3, -0.25) is 9.78 Å². The smallest absolute Gasteiger partial charge is 0.255 e. The van der Waals surface area contributed by atoms with E-state index in [-0.39, 0.29) is 5.91 Å². The number of aryl methyl sites for hydroxylation is 1. The maximum Gasteiger partial charge on any atom is 0.255 e. The van der Waals surface area contributed by atoms with E-state index in [2.05, 4.69) is 15.6 Å². The second-order valence-corrected chi connectivity index (χ2v) is 6.40. The zero-order chi connectivity index (χ0) is 18.6. The van der Waals surface area contributed by atoms with E-state index in [0.29, 0.717) is 5.56 Å². The lowest BCUT2D eigenvalue weighted by atomic mass is 10.1. The molecule has 0 unspecified atom stereocenters. The average molecular weight is 353 g/mol. The maximum absolute atomic E-state index is 12.6. The molecule has 3 aromatic carbocycles. The molecule has 1 heterocycles. The Morgan fingerprint density at radius 2 is 1.67 bits per heavy atom. The first kappa shape index (κ1) is 16.8. The van der Waals surface area contributed by atoms with Gasteiger partial charge in [0.25, 0.3) is 5.91 Å². The van der Waals surface area contributed by atoms with Crippen LogP contribution in [0.1, 0.15) is 15.9 Å². The van der Waals surface area contributed by atoms with Crippen LogP contribution in [-0.2, 0) is 0 Å². The number of para-hydroxylation sites is 1. The number of carbonyl (C=O) groups excluding carboxylic acids is 1. The predicted molar refractivity (Wildman–Crippen MR) is 111 cm³/mol. The van der Waals surface area contributed by atoms with Crippen molar-refractivity contribution in [3.8, 4) is 0 Å². The van der Waals surface area contributed by atoms with Crippen LogP contribution < -0.4 is 10.6 Å². The Labute approximate surface area is 157 Å². The van der Waals surface area contributed by atoms with Crippen molar-refractivity contribution in [1.82, 2.24) is 4.98 Å². The van der Waals surface area contributed by atoms with E-state index in [1.165, 1.54) is 0 Å². The monoisotopic (exact) mass is 353 g/mol. The third-order valence-electron chi connectivity index (χ3n) is 4.36. The van der Waals surface area contributed by atoms with Gasteiger partial charge in [0, 0.05) is 34.2 Å². The van der Waals surface area contributed by atoms with Crippen LogP contribution >= 0.6 is 0 Å². The van der Waals surface area contributed by atoms with Crippen LogP contribution in [0.25, 0.3) is 10.9 Å². The first-order chi connectivity index (χ1) is 13.2. The van der Waals surface area contributed by atoms with E-state index >= 15 is 0 Å². The van der Waals surface area contributed by atoms with Crippen LogP contribution in [0.3, 0.4) is 0 Å². The van der Waals surface area contributed by atoms with Crippen molar-refractivity contribution >= 4 is 33.9 Å². The predicted octanol–water partition coefficient (Wildman–Crippen LogP) is 5.54. The van der Waals surface area contributed by atoms with E-state index in [9.17, 15) is 4.79 Å². The summed E-state index contributed by atoms with van der Waals surface area (Å²) in [6.07, 6.45) is 1.78. The number of aromatic nitrogens is 1. The van der Waals surface area contributed by atoms with Crippen LogP contribution in [0.4, 0.5) is 17.1 Å². The topological polar surface area (TPSA) is 54.0 Å². The molecule has 1 amide bonds. The summed E-state index contributed by atoms with van der Waals surface area (Å²) in [5, 5.41) is 7.36. The molecule has 4 aromatic rings. The second-order valence-electron chi connectivity index (χ2n) is 6.40. The minimum atomic E-state index is -0.137. The fourth-order valence-electron chi connectivity index (χ4n) is 2.94. The number of pyridine rings is 1. The Bertz CT molecular complexity index is 1100. The standard InChI is InChI=1S/C23H19N3O/c1-16-9-11-18(12-10-16)26-23(27)17-5-4-6-19(15-17)25-22-13-14-24-21-8-3-2-7-20(21)22/h2-15H,1H3,(H,24,25)(H,26,27). The Hall–Kier alpha value is -3.66. The SMILES string of the molecule is Cc1ccc(NC(=O)c2cccc(Nc3ccnc4ccccc34)c2)cc1. The highest BCUT2D eigenvalue weighted by molar-refractivity contribution is 6.05. The van der Waals surface area contributed by atoms with Crippen LogP contribution in [0.2, 0.25) is 0 Å². The minimum absolute atomic E-state index is 0.137. The summed E-state index contributed by atoms with van der Waals surface area (Å²) in [6, 6.07) is 25.1. The van der Waals surface area contributed by atoms with Gasteiger partial charge in [0.15, 0.2) is 0 Å². The molecule has 2 N–H and O–H groups in total. The zero-order valence-electron chi connectivity index (χ0n) is 14.9. The molecule has 0 bridgehead atoms. The van der Waals surface area contributed by atoms with Crippen molar-refractivity contribution in [2.75, 3.05) is 10.6 Å². The molecule has 0 radical (unpaired) electrons. The molecule has 0 atom stereocenters. The first-order valence-corrected chi connectivity index (χ1v) is 8.78. The molecule has 0 aliphatic carbocycles. The number of nitrogens with one attached hydrogen (secondary N) is 2. The van der Waals surface area contributed by atoms with Gasteiger partial charge in [0.2, 0.25) is 0 Å². The molecule has 0 saturated carbocycles. The van der Waals surface area contributed by atoms with Crippen LogP contribution in [0.5, 0.6) is 0 Å². The lowest BCUT2D eigenvalue weighted by molar-refractivity contribution is 0.102. The van der Waals surface area contributed by atoms with E-state index in [0.717, 1.165) is 33.5 Å². The highest BCUT2D eigenvalue weighted by Crippen LogP contribution is 2.25. The molecule has 1 aromatic heterocycles. The van der Waals surface area contributed by atoms with Gasteiger partial charge in [-0.15, -0.1) is 0 Å². The number of nitrogens with zero attached hydrogens (tertiary/aromatic N) is 1. The number of hydrogen-bond donors (Lipinski definition) is 2. The summed E-state index contributed by atoms with van der Waals surface area (Å²) in [7, 11) is 0. The van der Waals surface area contributed by atoms with Gasteiger partial charge in [-0.05, 0) is 49.4 Å². The van der Waals surface area contributed by atoms with Crippen LogP contribution in [-0.4, -0.2) is 10.9 Å². The van der Waals surface area contributed by atoms with Crippen molar-refractivity contribution in [2.45, 2.75) is 6.92 Å². The number of rotatable bonds is 4. The number of anilines is 3. The molecule has 132 valence electrons. The highest BCUT2D eigenvalue weighted by Gasteiger charge is 2.08. The quantitative estimate of drug-likeness (QED) is 0.506. The van der Waals surface area contributed by atoms with Crippen molar-refractivity contribution in [1.29, 1.82) is 0 Å². The van der Waals surface area contributed by atoms with Crippen molar-refractivity contribution in [3.05, 3.63) is 96.2 Å². The molecule has 0 aliphatic heterocycles. The summed E-state index contributed by atoms with van der Waals surface area (Å²) in [4.78, 5) is 16.9. The Morgan fingerprint density at radius 1 is 0.852 bits per heavy atom. The van der Waals surface area contributed by atoms with Gasteiger partial charge in [-0.1, -0.05) is 42.0 Å². The van der Waals surface area contributed by atoms with Crippen molar-refractivity contribution in [3.63, 3.8) is 0 Å². The largest absolute Gasteiger partial charge is 0.355 e. The average Bonchev–Trinajstić information content (AvgIpc) is 2.70. The fourth-order valence-corrected chi connectivity index (χ4v) is 2.94. The van der Waals surface area contributed by atoms with E-state index in [1.807, 2.05) is 79.7 Å². The molecular formula is C23H19N3O. The number of benzene rings is 3. The first-order valence-electron chi connectivity index (χ1n) is 8.78. The summed E-state index contributed by atoms with van der Waals surface area (Å²) in [5.74, 6) is -0.137. The molecular weight excluding hydrogens is 334 g/mol. The van der Waals surface area contributed by atoms with Gasteiger partial charge in [-0.2, -0.15) is 0 Å². The Kier molecular flexibility index (Phi) is 4.54. The summed E-state index contributed by atoms with van der Waals surface area (Å²) in [5.41, 5.74) is 5.27. The third-order valence-corrected chi connectivity index (χ3v) is 4.36. The third kappa shape index (κ3) is 3.80. The van der Waals surface area contributed by atoms with E-state index in [4.69, 9.17) is 0 Å². The van der Waals surface area contributed by atoms with Gasteiger partial charge in [0.05, 0.1) is 5.52 Å². The molecule has 0 aliphatic rings. The summed E-state index contributed by atoms with van der Waals surface area (Å²) >= 11 is 0. The molecule has 4 heteroatoms. The summed E-state index contributed by atoms with van der Waals surface area (Å²) < 4.78 is 0. The van der Waals surface area contributed by atoms with Crippen molar-refractivity contribution in [2.24, 2.45) is 0 Å². The van der Waals surface area contributed by atoms with Crippen LogP contribution in [0, 0.1) is 6.92 Å². The maximum atomic E-state index is 12.6. The molecule has 4 nitrogen and oxygen atoms in total. The zero-order valence-corrected chi connectivity index (χ0v) is 14.9. The van der Waals surface area contributed by atoms with Gasteiger partial charge in [0.1, 0.15) is 0 Å². The van der Waals surface area contributed by atoms with Gasteiger partial charge in [-0.25, -0.2) is 0 Å². The lowest BCUT2D eigenvalue weighted by Crippen LogP contribution is -2.12. The number of carbonyl (C=O) groups is 1. The Morgan fingerprint density at radius 3 is 2.52 bits per heavy atom. The number of hydrogen-bond acceptors (Lipinski definition) is 3. The van der Waals surface area contributed by atoms with E-state index < -0.39 is 0 Å². The van der Waals surface area contributed by atoms with Crippen molar-refractivity contribution < 1.29 is 4.79 Å².